The minimum absolute atomic E-state index is 0.117. The molecule has 0 unspecified atom stereocenters. The zero-order valence-electron chi connectivity index (χ0n) is 5.79. The predicted molar refractivity (Wildman–Crippen MR) is 34.6 cm³/mol. The van der Waals surface area contributed by atoms with E-state index in [1.165, 1.54) is 0 Å². The first-order valence-electron chi connectivity index (χ1n) is 3.21. The molecule has 1 heterocycles. The van der Waals surface area contributed by atoms with Gasteiger partial charge >= 0.3 is 12.1 Å². The fourth-order valence-electron chi connectivity index (χ4n) is 0.547. The van der Waals surface area contributed by atoms with Gasteiger partial charge < -0.3 is 9.47 Å². The molecule has 4 nitrogen and oxygen atoms in total. The van der Waals surface area contributed by atoms with Gasteiger partial charge in [-0.05, 0) is 0 Å². The van der Waals surface area contributed by atoms with E-state index in [2.05, 4.69) is 9.73 Å². The fraction of sp³-hybridized carbons (Fsp3) is 0.667. The molecule has 0 aromatic rings. The standard InChI is InChI=1S/C6H9NO3/c1-2-5(8)10-6-7-3-4-9-6/h2-4H2,1H3. The Bertz CT molecular complexity index is 164. The molecule has 1 aliphatic rings. The molecule has 56 valence electrons. The average Bonchev–Trinajstić information content (AvgIpc) is 2.40. The van der Waals surface area contributed by atoms with Crippen molar-refractivity contribution in [1.82, 2.24) is 0 Å². The van der Waals surface area contributed by atoms with Crippen LogP contribution in [0, 0.1) is 0 Å². The van der Waals surface area contributed by atoms with Crippen molar-refractivity contribution >= 4 is 12.1 Å². The fourth-order valence-corrected chi connectivity index (χ4v) is 0.547. The van der Waals surface area contributed by atoms with Gasteiger partial charge in [-0.1, -0.05) is 6.92 Å². The van der Waals surface area contributed by atoms with Crippen LogP contribution in [0.5, 0.6) is 0 Å². The summed E-state index contributed by atoms with van der Waals surface area (Å²) in [6.07, 6.45) is 0.467. The average molecular weight is 143 g/mol. The van der Waals surface area contributed by atoms with Crippen LogP contribution in [0.2, 0.25) is 0 Å². The maximum atomic E-state index is 10.6. The minimum Gasteiger partial charge on any atom is -0.448 e. The zero-order valence-corrected chi connectivity index (χ0v) is 5.79. The van der Waals surface area contributed by atoms with Crippen LogP contribution in [0.15, 0.2) is 4.99 Å². The summed E-state index contributed by atoms with van der Waals surface area (Å²) in [5, 5.41) is 0. The molecular formula is C6H9NO3. The number of carbonyl (C=O) groups is 1. The Balaban J connectivity index is 2.30. The topological polar surface area (TPSA) is 47.9 Å². The summed E-state index contributed by atoms with van der Waals surface area (Å²) in [6, 6.07) is 0. The molecule has 4 heteroatoms. The van der Waals surface area contributed by atoms with E-state index in [9.17, 15) is 4.79 Å². The summed E-state index contributed by atoms with van der Waals surface area (Å²) in [5.41, 5.74) is 0. The third-order valence-corrected chi connectivity index (χ3v) is 1.05. The molecule has 0 fully saturated rings. The molecule has 0 spiro atoms. The van der Waals surface area contributed by atoms with Gasteiger partial charge in [0.2, 0.25) is 0 Å². The van der Waals surface area contributed by atoms with Crippen LogP contribution in [0.4, 0.5) is 0 Å². The van der Waals surface area contributed by atoms with Crippen LogP contribution in [0.3, 0.4) is 0 Å². The van der Waals surface area contributed by atoms with Gasteiger partial charge in [0, 0.05) is 6.42 Å². The number of nitrogens with zero attached hydrogens (tertiary/aromatic N) is 1. The Morgan fingerprint density at radius 1 is 1.90 bits per heavy atom. The highest BCUT2D eigenvalue weighted by Crippen LogP contribution is 1.96. The van der Waals surface area contributed by atoms with E-state index in [0.29, 0.717) is 19.6 Å². The lowest BCUT2D eigenvalue weighted by Crippen LogP contribution is -2.11. The van der Waals surface area contributed by atoms with Crippen LogP contribution in [0.1, 0.15) is 13.3 Å². The normalized spacial score (nSPS) is 15.9. The van der Waals surface area contributed by atoms with Crippen molar-refractivity contribution in [3.8, 4) is 0 Å². The number of carbonyl (C=O) groups excluding carboxylic acids is 1. The largest absolute Gasteiger partial charge is 0.448 e. The minimum atomic E-state index is -0.305. The van der Waals surface area contributed by atoms with Crippen molar-refractivity contribution < 1.29 is 14.3 Å². The Morgan fingerprint density at radius 3 is 3.20 bits per heavy atom. The predicted octanol–water partition coefficient (Wildman–Crippen LogP) is 0.326. The van der Waals surface area contributed by atoms with E-state index in [-0.39, 0.29) is 12.1 Å². The van der Waals surface area contributed by atoms with Crippen LogP contribution in [0.25, 0.3) is 0 Å². The molecule has 0 saturated heterocycles. The summed E-state index contributed by atoms with van der Waals surface area (Å²) in [7, 11) is 0. The van der Waals surface area contributed by atoms with E-state index in [1.54, 1.807) is 6.92 Å². The lowest BCUT2D eigenvalue weighted by atomic mass is 10.5. The Morgan fingerprint density at radius 2 is 2.70 bits per heavy atom. The molecule has 0 radical (unpaired) electrons. The quantitative estimate of drug-likeness (QED) is 0.497. The van der Waals surface area contributed by atoms with E-state index in [4.69, 9.17) is 4.74 Å². The molecule has 0 N–H and O–H groups in total. The molecule has 0 atom stereocenters. The van der Waals surface area contributed by atoms with Crippen LogP contribution < -0.4 is 0 Å². The van der Waals surface area contributed by atoms with E-state index < -0.39 is 0 Å². The Kier molecular flexibility index (Phi) is 2.25. The molecule has 0 saturated carbocycles. The Labute approximate surface area is 58.8 Å². The van der Waals surface area contributed by atoms with Crippen molar-refractivity contribution in [2.75, 3.05) is 13.2 Å². The number of hydrogen-bond donors (Lipinski definition) is 0. The molecule has 0 aromatic carbocycles. The SMILES string of the molecule is CCC(=O)OC1=NCCO1. The molecular weight excluding hydrogens is 134 g/mol. The van der Waals surface area contributed by atoms with Gasteiger partial charge in [0.15, 0.2) is 0 Å². The van der Waals surface area contributed by atoms with E-state index in [0.717, 1.165) is 0 Å². The Hall–Kier alpha value is -1.06. The van der Waals surface area contributed by atoms with Gasteiger partial charge in [0.05, 0.1) is 6.54 Å². The maximum absolute atomic E-state index is 10.6. The summed E-state index contributed by atoms with van der Waals surface area (Å²) >= 11 is 0. The summed E-state index contributed by atoms with van der Waals surface area (Å²) in [5.74, 6) is -0.305. The van der Waals surface area contributed by atoms with Crippen molar-refractivity contribution in [2.24, 2.45) is 4.99 Å². The van der Waals surface area contributed by atoms with Gasteiger partial charge in [-0.25, -0.2) is 4.99 Å². The van der Waals surface area contributed by atoms with E-state index >= 15 is 0 Å². The summed E-state index contributed by atoms with van der Waals surface area (Å²) in [4.78, 5) is 14.4. The molecule has 1 rings (SSSR count). The van der Waals surface area contributed by atoms with Crippen molar-refractivity contribution in [3.63, 3.8) is 0 Å². The first-order valence-corrected chi connectivity index (χ1v) is 3.21. The highest BCUT2D eigenvalue weighted by molar-refractivity contribution is 5.84. The molecule has 0 aromatic heterocycles. The third kappa shape index (κ3) is 1.72. The molecule has 10 heavy (non-hydrogen) atoms. The second kappa shape index (κ2) is 3.20. The lowest BCUT2D eigenvalue weighted by molar-refractivity contribution is -0.136. The molecule has 0 bridgehead atoms. The molecule has 0 aliphatic carbocycles. The second-order valence-electron chi connectivity index (χ2n) is 1.82. The smallest absolute Gasteiger partial charge is 0.391 e. The summed E-state index contributed by atoms with van der Waals surface area (Å²) < 4.78 is 9.48. The van der Waals surface area contributed by atoms with Crippen molar-refractivity contribution in [3.05, 3.63) is 0 Å². The third-order valence-electron chi connectivity index (χ3n) is 1.05. The van der Waals surface area contributed by atoms with Gasteiger partial charge in [-0.15, -0.1) is 0 Å². The molecule has 0 amide bonds. The van der Waals surface area contributed by atoms with Gasteiger partial charge in [-0.2, -0.15) is 0 Å². The highest BCUT2D eigenvalue weighted by Gasteiger charge is 2.11. The van der Waals surface area contributed by atoms with Crippen molar-refractivity contribution in [2.45, 2.75) is 13.3 Å². The van der Waals surface area contributed by atoms with Crippen LogP contribution in [-0.2, 0) is 14.3 Å². The van der Waals surface area contributed by atoms with Gasteiger partial charge in [0.25, 0.3) is 0 Å². The van der Waals surface area contributed by atoms with Gasteiger partial charge in [0.1, 0.15) is 6.61 Å². The number of hydrogen-bond acceptors (Lipinski definition) is 4. The van der Waals surface area contributed by atoms with E-state index in [1.807, 2.05) is 0 Å². The first-order chi connectivity index (χ1) is 4.83. The first kappa shape index (κ1) is 7.05. The van der Waals surface area contributed by atoms with Crippen LogP contribution >= 0.6 is 0 Å². The van der Waals surface area contributed by atoms with Crippen LogP contribution in [-0.4, -0.2) is 25.2 Å². The lowest BCUT2D eigenvalue weighted by Gasteiger charge is -1.99. The maximum Gasteiger partial charge on any atom is 0.391 e. The number of esters is 1. The number of ether oxygens (including phenoxy) is 2. The van der Waals surface area contributed by atoms with Gasteiger partial charge in [-0.3, -0.25) is 4.79 Å². The zero-order chi connectivity index (χ0) is 7.40. The molecule has 1 aliphatic heterocycles. The number of rotatable bonds is 1. The summed E-state index contributed by atoms with van der Waals surface area (Å²) in [6.45, 7) is 2.83. The second-order valence-corrected chi connectivity index (χ2v) is 1.82. The monoisotopic (exact) mass is 143 g/mol. The van der Waals surface area contributed by atoms with Crippen molar-refractivity contribution in [1.29, 1.82) is 0 Å². The highest BCUT2D eigenvalue weighted by atomic mass is 16.7. The number of aliphatic imine (C=N–C) groups is 1.